The molecule has 2 saturated heterocycles. The van der Waals surface area contributed by atoms with E-state index in [1.807, 2.05) is 12.1 Å². The van der Waals surface area contributed by atoms with Gasteiger partial charge in [0.1, 0.15) is 10.4 Å². The summed E-state index contributed by atoms with van der Waals surface area (Å²) in [4.78, 5) is 25.0. The van der Waals surface area contributed by atoms with Crippen molar-refractivity contribution in [2.75, 3.05) is 37.4 Å². The summed E-state index contributed by atoms with van der Waals surface area (Å²) in [6, 6.07) is 8.26. The number of alkyl halides is 3. The number of carbonyl (C=O) groups is 1. The lowest BCUT2D eigenvalue weighted by molar-refractivity contribution is -0.137. The largest absolute Gasteiger partial charge is 0.420 e. The van der Waals surface area contributed by atoms with Gasteiger partial charge in [0, 0.05) is 35.1 Å². The van der Waals surface area contributed by atoms with Gasteiger partial charge in [-0.2, -0.15) is 13.2 Å². The molecule has 204 valence electrons. The highest BCUT2D eigenvalue weighted by Gasteiger charge is 2.38. The molecule has 3 aliphatic heterocycles. The minimum Gasteiger partial charge on any atom is -0.377 e. The Labute approximate surface area is 231 Å². The lowest BCUT2D eigenvalue weighted by atomic mass is 9.94. The summed E-state index contributed by atoms with van der Waals surface area (Å²) >= 11 is 2.55. The van der Waals surface area contributed by atoms with E-state index in [2.05, 4.69) is 26.7 Å². The lowest BCUT2D eigenvalue weighted by Crippen LogP contribution is -2.52. The lowest BCUT2D eigenvalue weighted by Gasteiger charge is -2.36. The van der Waals surface area contributed by atoms with E-state index in [0.29, 0.717) is 52.1 Å². The van der Waals surface area contributed by atoms with Gasteiger partial charge in [0.2, 0.25) is 5.95 Å². The van der Waals surface area contributed by atoms with Crippen LogP contribution in [0.5, 0.6) is 0 Å². The highest BCUT2D eigenvalue weighted by Crippen LogP contribution is 2.46. The Hall–Kier alpha value is -2.67. The minimum absolute atomic E-state index is 0.0160. The SMILES string of the molecule is O=C1c2sc(-c3nc(Nc4ccc(C5CCN5)cc4C4CC4)ncc3C(F)(F)F)cc2SCCN1C1COC1. The highest BCUT2D eigenvalue weighted by atomic mass is 32.2. The summed E-state index contributed by atoms with van der Waals surface area (Å²) in [5, 5.41) is 6.62. The van der Waals surface area contributed by atoms with Crippen LogP contribution >= 0.6 is 23.1 Å². The van der Waals surface area contributed by atoms with Crippen LogP contribution in [-0.2, 0) is 10.9 Å². The molecule has 7 rings (SSSR count). The smallest absolute Gasteiger partial charge is 0.377 e. The van der Waals surface area contributed by atoms with Crippen LogP contribution in [0.4, 0.5) is 24.8 Å². The molecule has 39 heavy (non-hydrogen) atoms. The Kier molecular flexibility index (Phi) is 6.33. The fourth-order valence-electron chi connectivity index (χ4n) is 5.16. The Morgan fingerprint density at radius 1 is 1.15 bits per heavy atom. The van der Waals surface area contributed by atoms with Crippen molar-refractivity contribution in [2.24, 2.45) is 0 Å². The van der Waals surface area contributed by atoms with Gasteiger partial charge < -0.3 is 20.3 Å². The van der Waals surface area contributed by atoms with Crippen molar-refractivity contribution in [2.45, 2.75) is 48.3 Å². The molecule has 2 aromatic heterocycles. The molecule has 5 heterocycles. The zero-order valence-corrected chi connectivity index (χ0v) is 22.5. The predicted molar refractivity (Wildman–Crippen MR) is 144 cm³/mol. The number of thiophene rings is 1. The number of fused-ring (bicyclic) bond motifs is 1. The van der Waals surface area contributed by atoms with Crippen LogP contribution in [0.25, 0.3) is 10.6 Å². The van der Waals surface area contributed by atoms with Crippen molar-refractivity contribution in [1.82, 2.24) is 20.2 Å². The number of amides is 1. The first-order chi connectivity index (χ1) is 18.8. The summed E-state index contributed by atoms with van der Waals surface area (Å²) in [7, 11) is 0. The zero-order chi connectivity index (χ0) is 26.7. The number of hydrogen-bond acceptors (Lipinski definition) is 8. The van der Waals surface area contributed by atoms with Gasteiger partial charge in [-0.15, -0.1) is 23.1 Å². The predicted octanol–water partition coefficient (Wildman–Crippen LogP) is 5.83. The Bertz CT molecular complexity index is 1430. The third-order valence-electron chi connectivity index (χ3n) is 7.70. The topological polar surface area (TPSA) is 79.4 Å². The van der Waals surface area contributed by atoms with Crippen LogP contribution < -0.4 is 10.6 Å². The quantitative estimate of drug-likeness (QED) is 0.384. The number of nitrogens with one attached hydrogen (secondary N) is 2. The molecule has 3 aromatic rings. The summed E-state index contributed by atoms with van der Waals surface area (Å²) in [5.41, 5.74) is 2.06. The van der Waals surface area contributed by atoms with Crippen LogP contribution in [0.3, 0.4) is 0 Å². The molecule has 0 spiro atoms. The fraction of sp³-hybridized carbons (Fsp3) is 0.444. The van der Waals surface area contributed by atoms with Gasteiger partial charge in [-0.1, -0.05) is 12.1 Å². The number of aromatic nitrogens is 2. The molecule has 0 bridgehead atoms. The first kappa shape index (κ1) is 25.3. The number of halogens is 3. The van der Waals surface area contributed by atoms with Gasteiger partial charge >= 0.3 is 6.18 Å². The van der Waals surface area contributed by atoms with E-state index in [9.17, 15) is 18.0 Å². The molecule has 1 unspecified atom stereocenters. The summed E-state index contributed by atoms with van der Waals surface area (Å²) < 4.78 is 47.5. The fourth-order valence-corrected chi connectivity index (χ4v) is 7.48. The maximum absolute atomic E-state index is 14.1. The normalized spacial score (nSPS) is 21.7. The summed E-state index contributed by atoms with van der Waals surface area (Å²) in [6.45, 7) is 2.58. The van der Waals surface area contributed by atoms with Crippen LogP contribution in [0.15, 0.2) is 35.4 Å². The number of anilines is 2. The van der Waals surface area contributed by atoms with Crippen LogP contribution in [-0.4, -0.2) is 58.9 Å². The van der Waals surface area contributed by atoms with Crippen molar-refractivity contribution in [3.63, 3.8) is 0 Å². The average Bonchev–Trinajstić information content (AvgIpc) is 3.62. The number of thioether (sulfide) groups is 1. The number of benzene rings is 1. The number of rotatable bonds is 6. The third kappa shape index (κ3) is 4.81. The van der Waals surface area contributed by atoms with Gasteiger partial charge in [-0.05, 0) is 55.0 Å². The Morgan fingerprint density at radius 3 is 2.64 bits per heavy atom. The van der Waals surface area contributed by atoms with E-state index < -0.39 is 11.7 Å². The van der Waals surface area contributed by atoms with E-state index in [1.165, 1.54) is 17.3 Å². The number of hydrogen-bond donors (Lipinski definition) is 2. The molecule has 1 amide bonds. The third-order valence-corrected chi connectivity index (χ3v) is 9.98. The molecule has 1 aromatic carbocycles. The van der Waals surface area contributed by atoms with E-state index in [4.69, 9.17) is 4.74 Å². The second kappa shape index (κ2) is 9.76. The standard InChI is InChI=1S/C27H26F3N5O2S2/c28-27(29,30)18-11-32-26(33-20-4-3-15(19-5-6-31-19)9-17(20)14-1-2-14)34-23(18)21-10-22-24(39-21)25(36)35(7-8-38-22)16-12-37-13-16/h3-4,9-11,14,16,19,31H,1-2,5-8,12-13H2,(H,32,33,34). The molecule has 1 saturated carbocycles. The monoisotopic (exact) mass is 573 g/mol. The molecule has 7 nitrogen and oxygen atoms in total. The zero-order valence-electron chi connectivity index (χ0n) is 20.9. The van der Waals surface area contributed by atoms with E-state index in [0.717, 1.165) is 54.6 Å². The molecule has 3 fully saturated rings. The molecule has 0 radical (unpaired) electrons. The second-order valence-corrected chi connectivity index (χ2v) is 12.5. The molecule has 12 heteroatoms. The van der Waals surface area contributed by atoms with Crippen molar-refractivity contribution < 1.29 is 22.7 Å². The number of ether oxygens (including phenoxy) is 1. The average molecular weight is 574 g/mol. The number of nitrogens with zero attached hydrogens (tertiary/aromatic N) is 3. The molecular formula is C27H26F3N5O2S2. The number of carbonyl (C=O) groups excluding carboxylic acids is 1. The first-order valence-corrected chi connectivity index (χ1v) is 14.9. The van der Waals surface area contributed by atoms with Gasteiger partial charge in [0.25, 0.3) is 5.91 Å². The van der Waals surface area contributed by atoms with Crippen LogP contribution in [0.2, 0.25) is 0 Å². The molecule has 1 atom stereocenters. The Balaban J connectivity index is 1.24. The van der Waals surface area contributed by atoms with Crippen molar-refractivity contribution >= 4 is 40.6 Å². The van der Waals surface area contributed by atoms with Crippen molar-refractivity contribution in [3.8, 4) is 10.6 Å². The first-order valence-electron chi connectivity index (χ1n) is 13.1. The molecular weight excluding hydrogens is 547 g/mol. The van der Waals surface area contributed by atoms with Gasteiger partial charge in [-0.25, -0.2) is 9.97 Å². The maximum atomic E-state index is 14.1. The molecule has 2 N–H and O–H groups in total. The van der Waals surface area contributed by atoms with Crippen molar-refractivity contribution in [3.05, 3.63) is 52.0 Å². The van der Waals surface area contributed by atoms with E-state index >= 15 is 0 Å². The highest BCUT2D eigenvalue weighted by molar-refractivity contribution is 7.99. The maximum Gasteiger partial charge on any atom is 0.420 e. The van der Waals surface area contributed by atoms with Gasteiger partial charge in [-0.3, -0.25) is 4.79 Å². The van der Waals surface area contributed by atoms with Crippen LogP contribution in [0.1, 0.15) is 57.6 Å². The molecule has 1 aliphatic carbocycles. The van der Waals surface area contributed by atoms with Crippen LogP contribution in [0, 0.1) is 0 Å². The summed E-state index contributed by atoms with van der Waals surface area (Å²) in [5.74, 6) is 1.05. The van der Waals surface area contributed by atoms with Gasteiger partial charge in [0.15, 0.2) is 0 Å². The van der Waals surface area contributed by atoms with E-state index in [-0.39, 0.29) is 23.6 Å². The molecule has 4 aliphatic rings. The Morgan fingerprint density at radius 2 is 1.97 bits per heavy atom. The minimum atomic E-state index is -4.64. The van der Waals surface area contributed by atoms with E-state index in [1.54, 1.807) is 11.0 Å². The van der Waals surface area contributed by atoms with Crippen molar-refractivity contribution in [1.29, 1.82) is 0 Å². The second-order valence-electron chi connectivity index (χ2n) is 10.3. The van der Waals surface area contributed by atoms with Gasteiger partial charge in [0.05, 0.1) is 29.8 Å². The summed E-state index contributed by atoms with van der Waals surface area (Å²) in [6.07, 6.45) is -0.526.